The van der Waals surface area contributed by atoms with E-state index in [0.29, 0.717) is 41.7 Å². The summed E-state index contributed by atoms with van der Waals surface area (Å²) < 4.78 is 0. The standard InChI is InChI=1S/C15H19Cl2N3O2/c16-11-5-4-10(9-12(11)17)15(22)20-8-1-3-13(20)14(21)19-7-2-6-18/h4-5,9,13H,1-3,6-8,18H2,(H,19,21). The third kappa shape index (κ3) is 3.91. The van der Waals surface area contributed by atoms with Crippen molar-refractivity contribution in [3.05, 3.63) is 33.8 Å². The molecule has 7 heteroatoms. The molecule has 1 atom stereocenters. The number of nitrogens with zero attached hydrogens (tertiary/aromatic N) is 1. The number of hydrogen-bond donors (Lipinski definition) is 2. The summed E-state index contributed by atoms with van der Waals surface area (Å²) in [5.74, 6) is -0.325. The van der Waals surface area contributed by atoms with Gasteiger partial charge in [-0.3, -0.25) is 9.59 Å². The average Bonchev–Trinajstić information content (AvgIpc) is 2.99. The first-order valence-corrected chi connectivity index (χ1v) is 8.04. The van der Waals surface area contributed by atoms with Crippen LogP contribution in [-0.4, -0.2) is 42.4 Å². The van der Waals surface area contributed by atoms with Crippen LogP contribution in [0.2, 0.25) is 10.0 Å². The minimum absolute atomic E-state index is 0.126. The van der Waals surface area contributed by atoms with Gasteiger partial charge in [0.1, 0.15) is 6.04 Å². The van der Waals surface area contributed by atoms with Crippen LogP contribution in [0.4, 0.5) is 0 Å². The number of carbonyl (C=O) groups is 2. The van der Waals surface area contributed by atoms with Crippen molar-refractivity contribution < 1.29 is 9.59 Å². The smallest absolute Gasteiger partial charge is 0.254 e. The first-order chi connectivity index (χ1) is 10.5. The van der Waals surface area contributed by atoms with Gasteiger partial charge in [-0.05, 0) is 44.0 Å². The number of rotatable bonds is 5. The van der Waals surface area contributed by atoms with E-state index in [1.807, 2.05) is 0 Å². The molecule has 1 saturated heterocycles. The van der Waals surface area contributed by atoms with E-state index < -0.39 is 6.04 Å². The van der Waals surface area contributed by atoms with Crippen LogP contribution in [0.25, 0.3) is 0 Å². The molecule has 0 bridgehead atoms. The first kappa shape index (κ1) is 17.1. The quantitative estimate of drug-likeness (QED) is 0.803. The highest BCUT2D eigenvalue weighted by Gasteiger charge is 2.34. The van der Waals surface area contributed by atoms with E-state index in [2.05, 4.69) is 5.32 Å². The van der Waals surface area contributed by atoms with Crippen LogP contribution in [-0.2, 0) is 4.79 Å². The molecule has 22 heavy (non-hydrogen) atoms. The molecule has 0 aliphatic carbocycles. The lowest BCUT2D eigenvalue weighted by Gasteiger charge is -2.24. The van der Waals surface area contributed by atoms with Gasteiger partial charge in [0.25, 0.3) is 5.91 Å². The summed E-state index contributed by atoms with van der Waals surface area (Å²) in [6, 6.07) is 4.31. The highest BCUT2D eigenvalue weighted by atomic mass is 35.5. The molecule has 1 unspecified atom stereocenters. The number of carbonyl (C=O) groups excluding carboxylic acids is 2. The van der Waals surface area contributed by atoms with Crippen molar-refractivity contribution in [3.8, 4) is 0 Å². The van der Waals surface area contributed by atoms with Crippen molar-refractivity contribution >= 4 is 35.0 Å². The van der Waals surface area contributed by atoms with E-state index in [9.17, 15) is 9.59 Å². The van der Waals surface area contributed by atoms with Crippen LogP contribution in [0.1, 0.15) is 29.6 Å². The maximum atomic E-state index is 12.6. The normalized spacial score (nSPS) is 17.6. The first-order valence-electron chi connectivity index (χ1n) is 7.28. The lowest BCUT2D eigenvalue weighted by Crippen LogP contribution is -2.46. The molecule has 1 aliphatic heterocycles. The fourth-order valence-corrected chi connectivity index (χ4v) is 2.81. The van der Waals surface area contributed by atoms with Crippen molar-refractivity contribution in [3.63, 3.8) is 0 Å². The van der Waals surface area contributed by atoms with Gasteiger partial charge in [0.15, 0.2) is 0 Å². The molecule has 3 N–H and O–H groups in total. The fraction of sp³-hybridized carbons (Fsp3) is 0.467. The molecule has 2 amide bonds. The summed E-state index contributed by atoms with van der Waals surface area (Å²) in [5, 5.41) is 3.55. The molecular formula is C15H19Cl2N3O2. The Morgan fingerprint density at radius 3 is 2.77 bits per heavy atom. The lowest BCUT2D eigenvalue weighted by molar-refractivity contribution is -0.124. The third-order valence-electron chi connectivity index (χ3n) is 3.66. The molecule has 1 aromatic rings. The average molecular weight is 344 g/mol. The van der Waals surface area contributed by atoms with E-state index in [-0.39, 0.29) is 11.8 Å². The van der Waals surface area contributed by atoms with E-state index in [0.717, 1.165) is 12.8 Å². The molecule has 0 aromatic heterocycles. The highest BCUT2D eigenvalue weighted by Crippen LogP contribution is 2.25. The van der Waals surface area contributed by atoms with Gasteiger partial charge in [-0.15, -0.1) is 0 Å². The molecule has 2 rings (SSSR count). The Hall–Kier alpha value is -1.30. The summed E-state index contributed by atoms with van der Waals surface area (Å²) in [7, 11) is 0. The predicted molar refractivity (Wildman–Crippen MR) is 87.2 cm³/mol. The summed E-state index contributed by atoms with van der Waals surface area (Å²) in [6.45, 7) is 1.62. The minimum atomic E-state index is -0.431. The highest BCUT2D eigenvalue weighted by molar-refractivity contribution is 6.42. The van der Waals surface area contributed by atoms with Gasteiger partial charge in [-0.1, -0.05) is 23.2 Å². The predicted octanol–water partition coefficient (Wildman–Crippen LogP) is 2.06. The van der Waals surface area contributed by atoms with Crippen molar-refractivity contribution in [1.82, 2.24) is 10.2 Å². The molecule has 0 spiro atoms. The van der Waals surface area contributed by atoms with Gasteiger partial charge in [-0.2, -0.15) is 0 Å². The zero-order chi connectivity index (χ0) is 16.1. The maximum Gasteiger partial charge on any atom is 0.254 e. The summed E-state index contributed by atoms with van der Waals surface area (Å²) in [5.41, 5.74) is 5.85. The van der Waals surface area contributed by atoms with Crippen LogP contribution in [0.3, 0.4) is 0 Å². The van der Waals surface area contributed by atoms with Crippen molar-refractivity contribution in [1.29, 1.82) is 0 Å². The van der Waals surface area contributed by atoms with Crippen molar-refractivity contribution in [2.45, 2.75) is 25.3 Å². The van der Waals surface area contributed by atoms with Crippen LogP contribution < -0.4 is 11.1 Å². The number of hydrogen-bond acceptors (Lipinski definition) is 3. The minimum Gasteiger partial charge on any atom is -0.354 e. The number of benzene rings is 1. The molecule has 1 fully saturated rings. The number of nitrogens with two attached hydrogens (primary N) is 1. The largest absolute Gasteiger partial charge is 0.354 e. The Bertz CT molecular complexity index is 566. The molecule has 0 saturated carbocycles. The van der Waals surface area contributed by atoms with Crippen molar-refractivity contribution in [2.24, 2.45) is 5.73 Å². The van der Waals surface area contributed by atoms with E-state index in [4.69, 9.17) is 28.9 Å². The zero-order valence-corrected chi connectivity index (χ0v) is 13.7. The number of halogens is 2. The number of amides is 2. The van der Waals surface area contributed by atoms with E-state index in [1.54, 1.807) is 17.0 Å². The zero-order valence-electron chi connectivity index (χ0n) is 12.1. The molecule has 5 nitrogen and oxygen atoms in total. The van der Waals surface area contributed by atoms with Gasteiger partial charge < -0.3 is 16.0 Å². The van der Waals surface area contributed by atoms with E-state index >= 15 is 0 Å². The second-order valence-electron chi connectivity index (χ2n) is 5.22. The van der Waals surface area contributed by atoms with Gasteiger partial charge in [0.05, 0.1) is 10.0 Å². The third-order valence-corrected chi connectivity index (χ3v) is 4.40. The second kappa shape index (κ2) is 7.81. The number of likely N-dealkylation sites (tertiary alicyclic amines) is 1. The SMILES string of the molecule is NCCCNC(=O)C1CCCN1C(=O)c1ccc(Cl)c(Cl)c1. The Labute approximate surface area is 139 Å². The van der Waals surface area contributed by atoms with Crippen LogP contribution in [0.15, 0.2) is 18.2 Å². The summed E-state index contributed by atoms with van der Waals surface area (Å²) in [4.78, 5) is 26.4. The summed E-state index contributed by atoms with van der Waals surface area (Å²) in [6.07, 6.45) is 2.20. The molecule has 120 valence electrons. The topological polar surface area (TPSA) is 75.4 Å². The van der Waals surface area contributed by atoms with Crippen LogP contribution >= 0.6 is 23.2 Å². The molecule has 1 aliphatic rings. The van der Waals surface area contributed by atoms with Gasteiger partial charge in [0.2, 0.25) is 5.91 Å². The van der Waals surface area contributed by atoms with Gasteiger partial charge >= 0.3 is 0 Å². The molecular weight excluding hydrogens is 325 g/mol. The van der Waals surface area contributed by atoms with Gasteiger partial charge in [-0.25, -0.2) is 0 Å². The Balaban J connectivity index is 2.07. The Morgan fingerprint density at radius 2 is 2.09 bits per heavy atom. The fourth-order valence-electron chi connectivity index (χ4n) is 2.51. The maximum absolute atomic E-state index is 12.6. The molecule has 1 aromatic carbocycles. The number of nitrogens with one attached hydrogen (secondary N) is 1. The summed E-state index contributed by atoms with van der Waals surface area (Å²) >= 11 is 11.8. The van der Waals surface area contributed by atoms with E-state index in [1.165, 1.54) is 6.07 Å². The molecule has 1 heterocycles. The monoisotopic (exact) mass is 343 g/mol. The van der Waals surface area contributed by atoms with Crippen LogP contribution in [0, 0.1) is 0 Å². The Morgan fingerprint density at radius 1 is 1.32 bits per heavy atom. The lowest BCUT2D eigenvalue weighted by atomic mass is 10.1. The van der Waals surface area contributed by atoms with Crippen molar-refractivity contribution in [2.75, 3.05) is 19.6 Å². The van der Waals surface area contributed by atoms with Crippen LogP contribution in [0.5, 0.6) is 0 Å². The second-order valence-corrected chi connectivity index (χ2v) is 6.03. The molecule has 0 radical (unpaired) electrons. The Kier molecular flexibility index (Phi) is 6.06. The van der Waals surface area contributed by atoms with Gasteiger partial charge in [0, 0.05) is 18.7 Å².